The minimum Gasteiger partial charge on any atom is -0.392 e. The number of hydrogen-bond donors (Lipinski definition) is 2. The zero-order valence-electron chi connectivity index (χ0n) is 9.18. The second-order valence-corrected chi connectivity index (χ2v) is 4.08. The van der Waals surface area contributed by atoms with Crippen molar-refractivity contribution in [2.45, 2.75) is 19.1 Å². The Labute approximate surface area is 97.4 Å². The van der Waals surface area contributed by atoms with Gasteiger partial charge in [0.05, 0.1) is 6.10 Å². The Morgan fingerprint density at radius 1 is 1.35 bits per heavy atom. The molecule has 1 saturated heterocycles. The molecule has 1 heterocycles. The summed E-state index contributed by atoms with van der Waals surface area (Å²) >= 11 is 0. The highest BCUT2D eigenvalue weighted by molar-refractivity contribution is 6.11. The van der Waals surface area contributed by atoms with Gasteiger partial charge in [0.2, 0.25) is 5.91 Å². The smallest absolute Gasteiger partial charge is 0.234 e. The monoisotopic (exact) mass is 237 g/mol. The van der Waals surface area contributed by atoms with Gasteiger partial charge >= 0.3 is 0 Å². The zero-order valence-corrected chi connectivity index (χ0v) is 9.18. The molecule has 1 aliphatic rings. The first-order chi connectivity index (χ1) is 8.02. The lowest BCUT2D eigenvalue weighted by molar-refractivity contribution is -0.131. The van der Waals surface area contributed by atoms with E-state index in [9.17, 15) is 19.1 Å². The molecule has 90 valence electrons. The average molecular weight is 237 g/mol. The molecule has 1 amide bonds. The van der Waals surface area contributed by atoms with Gasteiger partial charge in [-0.1, -0.05) is 18.2 Å². The molecule has 0 aromatic heterocycles. The van der Waals surface area contributed by atoms with Crippen molar-refractivity contribution in [2.75, 3.05) is 0 Å². The van der Waals surface area contributed by atoms with Crippen LogP contribution in [0.25, 0.3) is 0 Å². The molecule has 1 fully saturated rings. The third-order valence-electron chi connectivity index (χ3n) is 2.86. The lowest BCUT2D eigenvalue weighted by atomic mass is 9.94. The molecule has 0 aliphatic carbocycles. The number of amides is 1. The highest BCUT2D eigenvalue weighted by Gasteiger charge is 2.44. The molecule has 1 aliphatic heterocycles. The van der Waals surface area contributed by atoms with Crippen molar-refractivity contribution in [1.29, 1.82) is 0 Å². The molecular weight excluding hydrogens is 225 g/mol. The Hall–Kier alpha value is -1.75. The molecule has 3 unspecified atom stereocenters. The predicted molar refractivity (Wildman–Crippen MR) is 57.5 cm³/mol. The van der Waals surface area contributed by atoms with Crippen LogP contribution in [0.4, 0.5) is 4.39 Å². The molecular formula is C12H12FNO3. The number of ketones is 1. The van der Waals surface area contributed by atoms with Crippen LogP contribution in [0.15, 0.2) is 24.3 Å². The number of carbonyl (C=O) groups excluding carboxylic acids is 2. The Bertz CT molecular complexity index is 473. The SMILES string of the molecule is CC(O)C1C(=O)NC(c2ccccc2F)C1=O. The summed E-state index contributed by atoms with van der Waals surface area (Å²) in [7, 11) is 0. The first-order valence-electron chi connectivity index (χ1n) is 5.29. The first kappa shape index (κ1) is 11.7. The summed E-state index contributed by atoms with van der Waals surface area (Å²) in [6.07, 6.45) is -1.07. The largest absolute Gasteiger partial charge is 0.392 e. The Kier molecular flexibility index (Phi) is 2.93. The van der Waals surface area contributed by atoms with Gasteiger partial charge in [-0.3, -0.25) is 9.59 Å². The highest BCUT2D eigenvalue weighted by atomic mass is 19.1. The van der Waals surface area contributed by atoms with Crippen LogP contribution in [0.5, 0.6) is 0 Å². The summed E-state index contributed by atoms with van der Waals surface area (Å²) in [5.41, 5.74) is 0.133. The second kappa shape index (κ2) is 4.25. The summed E-state index contributed by atoms with van der Waals surface area (Å²) < 4.78 is 13.5. The fraction of sp³-hybridized carbons (Fsp3) is 0.333. The van der Waals surface area contributed by atoms with Crippen LogP contribution < -0.4 is 5.32 Å². The quantitative estimate of drug-likeness (QED) is 0.739. The van der Waals surface area contributed by atoms with E-state index in [1.54, 1.807) is 6.07 Å². The summed E-state index contributed by atoms with van der Waals surface area (Å²) in [4.78, 5) is 23.4. The van der Waals surface area contributed by atoms with E-state index in [2.05, 4.69) is 5.32 Å². The number of nitrogens with one attached hydrogen (secondary N) is 1. The van der Waals surface area contributed by atoms with E-state index < -0.39 is 35.6 Å². The van der Waals surface area contributed by atoms with Crippen molar-refractivity contribution in [1.82, 2.24) is 5.32 Å². The first-order valence-corrected chi connectivity index (χ1v) is 5.29. The fourth-order valence-electron chi connectivity index (χ4n) is 2.01. The van der Waals surface area contributed by atoms with Crippen LogP contribution in [-0.2, 0) is 9.59 Å². The van der Waals surface area contributed by atoms with Crippen LogP contribution >= 0.6 is 0 Å². The number of halogens is 1. The van der Waals surface area contributed by atoms with Crippen molar-refractivity contribution in [2.24, 2.45) is 5.92 Å². The number of rotatable bonds is 2. The third kappa shape index (κ3) is 1.93. The van der Waals surface area contributed by atoms with Gasteiger partial charge in [0, 0.05) is 5.56 Å². The van der Waals surface area contributed by atoms with Gasteiger partial charge in [0.25, 0.3) is 0 Å². The summed E-state index contributed by atoms with van der Waals surface area (Å²) in [6, 6.07) is 4.77. The van der Waals surface area contributed by atoms with Gasteiger partial charge in [-0.05, 0) is 13.0 Å². The minimum absolute atomic E-state index is 0.133. The molecule has 2 N–H and O–H groups in total. The lowest BCUT2D eigenvalue weighted by Crippen LogP contribution is -2.29. The van der Waals surface area contributed by atoms with Gasteiger partial charge < -0.3 is 10.4 Å². The van der Waals surface area contributed by atoms with Crippen LogP contribution in [0.2, 0.25) is 0 Å². The standard InChI is InChI=1S/C12H12FNO3/c1-6(15)9-11(16)10(14-12(9)17)7-4-2-3-5-8(7)13/h2-6,9-10,15H,1H3,(H,14,17). The van der Waals surface area contributed by atoms with Crippen molar-refractivity contribution >= 4 is 11.7 Å². The van der Waals surface area contributed by atoms with Crippen molar-refractivity contribution in [3.63, 3.8) is 0 Å². The molecule has 2 rings (SSSR count). The van der Waals surface area contributed by atoms with E-state index in [4.69, 9.17) is 0 Å². The van der Waals surface area contributed by atoms with Gasteiger partial charge in [0.1, 0.15) is 17.8 Å². The van der Waals surface area contributed by atoms with E-state index >= 15 is 0 Å². The van der Waals surface area contributed by atoms with Gasteiger partial charge in [0.15, 0.2) is 5.78 Å². The zero-order chi connectivity index (χ0) is 12.6. The minimum atomic E-state index is -1.11. The molecule has 0 spiro atoms. The number of aliphatic hydroxyl groups is 1. The lowest BCUT2D eigenvalue weighted by Gasteiger charge is -2.11. The van der Waals surface area contributed by atoms with E-state index in [0.717, 1.165) is 0 Å². The van der Waals surface area contributed by atoms with Crippen LogP contribution in [-0.4, -0.2) is 22.9 Å². The van der Waals surface area contributed by atoms with E-state index in [1.165, 1.54) is 25.1 Å². The summed E-state index contributed by atoms with van der Waals surface area (Å²) in [6.45, 7) is 1.37. The number of benzene rings is 1. The maximum absolute atomic E-state index is 13.5. The van der Waals surface area contributed by atoms with Crippen LogP contribution in [0.1, 0.15) is 18.5 Å². The average Bonchev–Trinajstić information content (AvgIpc) is 2.55. The maximum atomic E-state index is 13.5. The molecule has 0 bridgehead atoms. The number of hydrogen-bond acceptors (Lipinski definition) is 3. The highest BCUT2D eigenvalue weighted by Crippen LogP contribution is 2.28. The van der Waals surface area contributed by atoms with E-state index in [-0.39, 0.29) is 5.56 Å². The summed E-state index contributed by atoms with van der Waals surface area (Å²) in [5.74, 6) is -2.70. The van der Waals surface area contributed by atoms with Gasteiger partial charge in [-0.15, -0.1) is 0 Å². The van der Waals surface area contributed by atoms with Gasteiger partial charge in [-0.2, -0.15) is 0 Å². The Morgan fingerprint density at radius 3 is 2.53 bits per heavy atom. The number of Topliss-reactive ketones (excluding diaryl/α,β-unsaturated/α-hetero) is 1. The van der Waals surface area contributed by atoms with Crippen molar-refractivity contribution in [3.05, 3.63) is 35.6 Å². The molecule has 1 aromatic rings. The molecule has 1 aromatic carbocycles. The molecule has 17 heavy (non-hydrogen) atoms. The topological polar surface area (TPSA) is 66.4 Å². The van der Waals surface area contributed by atoms with E-state index in [0.29, 0.717) is 0 Å². The molecule has 0 saturated carbocycles. The van der Waals surface area contributed by atoms with Crippen molar-refractivity contribution in [3.8, 4) is 0 Å². The fourth-order valence-corrected chi connectivity index (χ4v) is 2.01. The van der Waals surface area contributed by atoms with Crippen LogP contribution in [0, 0.1) is 11.7 Å². The third-order valence-corrected chi connectivity index (χ3v) is 2.86. The van der Waals surface area contributed by atoms with Crippen LogP contribution in [0.3, 0.4) is 0 Å². The maximum Gasteiger partial charge on any atom is 0.234 e. The molecule has 4 nitrogen and oxygen atoms in total. The second-order valence-electron chi connectivity index (χ2n) is 4.08. The molecule has 0 radical (unpaired) electrons. The number of carbonyl (C=O) groups is 2. The summed E-state index contributed by atoms with van der Waals surface area (Å²) in [5, 5.41) is 11.8. The van der Waals surface area contributed by atoms with Gasteiger partial charge in [-0.25, -0.2) is 4.39 Å². The number of aliphatic hydroxyl groups excluding tert-OH is 1. The van der Waals surface area contributed by atoms with E-state index in [1.807, 2.05) is 0 Å². The predicted octanol–water partition coefficient (Wildman–Crippen LogP) is 0.563. The van der Waals surface area contributed by atoms with Crippen molar-refractivity contribution < 1.29 is 19.1 Å². The molecule has 5 heteroatoms. The molecule has 3 atom stereocenters. The normalized spacial score (nSPS) is 25.8. The Balaban J connectivity index is 2.35. The Morgan fingerprint density at radius 2 is 2.00 bits per heavy atom.